The van der Waals surface area contributed by atoms with E-state index in [4.69, 9.17) is 5.11 Å². The van der Waals surface area contributed by atoms with Gasteiger partial charge in [-0.05, 0) is 0 Å². The third-order valence-electron chi connectivity index (χ3n) is 1.75. The van der Waals surface area contributed by atoms with Crippen molar-refractivity contribution in [3.8, 4) is 9.85 Å². The molecule has 0 radical (unpaired) electrons. The number of halogens is 4. The van der Waals surface area contributed by atoms with Crippen LogP contribution in [0.25, 0.3) is 0 Å². The minimum atomic E-state index is -5.68. The Labute approximate surface area is 122 Å². The number of hydrogen-bond donors (Lipinski definition) is 1. The van der Waals surface area contributed by atoms with Crippen LogP contribution in [0.2, 0.25) is 0 Å². The Morgan fingerprint density at radius 3 is 2.35 bits per heavy atom. The fourth-order valence-electron chi connectivity index (χ4n) is 0.918. The van der Waals surface area contributed by atoms with Crippen molar-refractivity contribution in [1.82, 2.24) is 0 Å². The van der Waals surface area contributed by atoms with Crippen LogP contribution in [-0.4, -0.2) is 25.6 Å². The zero-order valence-electron chi connectivity index (χ0n) is 9.89. The molecule has 20 heavy (non-hydrogen) atoms. The molecule has 0 saturated carbocycles. The van der Waals surface area contributed by atoms with E-state index in [1.54, 1.807) is 18.2 Å². The van der Waals surface area contributed by atoms with E-state index in [0.717, 1.165) is 0 Å². The van der Waals surface area contributed by atoms with Gasteiger partial charge in [0.25, 0.3) is 0 Å². The Kier molecular flexibility index (Phi) is 6.25. The predicted octanol–water partition coefficient (Wildman–Crippen LogP) is 2.49. The molecule has 0 spiro atoms. The van der Waals surface area contributed by atoms with Gasteiger partial charge in [0.05, 0.1) is 0 Å². The van der Waals surface area contributed by atoms with Crippen molar-refractivity contribution in [2.24, 2.45) is 0 Å². The normalized spacial score (nSPS) is 12.5. The molecule has 0 saturated heterocycles. The first-order valence-corrected chi connectivity index (χ1v) is 9.58. The summed E-state index contributed by atoms with van der Waals surface area (Å²) in [5, 5.41) is 8.59. The summed E-state index contributed by atoms with van der Waals surface area (Å²) in [5.74, 6) is 2.42. The van der Waals surface area contributed by atoms with Gasteiger partial charge >= 0.3 is 122 Å². The van der Waals surface area contributed by atoms with Gasteiger partial charge in [-0.1, -0.05) is 0 Å². The van der Waals surface area contributed by atoms with E-state index in [-0.39, 0.29) is 13.0 Å². The SMILES string of the molecule is O=S(=O)(OI(C#CCCO)c1ccccc1)C(F)(F)F. The minimum absolute atomic E-state index is 0.0379. The van der Waals surface area contributed by atoms with E-state index < -0.39 is 35.9 Å². The van der Waals surface area contributed by atoms with Crippen molar-refractivity contribution in [1.29, 1.82) is 0 Å². The summed E-state index contributed by atoms with van der Waals surface area (Å²) in [6.45, 7) is -0.266. The van der Waals surface area contributed by atoms with Crippen molar-refractivity contribution in [2.45, 2.75) is 11.9 Å². The topological polar surface area (TPSA) is 63.6 Å². The van der Waals surface area contributed by atoms with Gasteiger partial charge in [0, 0.05) is 0 Å². The molecular formula is C11H10F3IO4S. The van der Waals surface area contributed by atoms with Crippen LogP contribution in [0.4, 0.5) is 13.2 Å². The van der Waals surface area contributed by atoms with Crippen LogP contribution in [0.1, 0.15) is 6.42 Å². The molecule has 9 heteroatoms. The summed E-state index contributed by atoms with van der Waals surface area (Å²) in [5.41, 5.74) is -5.48. The molecule has 1 rings (SSSR count). The molecule has 1 aromatic carbocycles. The first kappa shape index (κ1) is 17.2. The van der Waals surface area contributed by atoms with Gasteiger partial charge in [-0.15, -0.1) is 0 Å². The van der Waals surface area contributed by atoms with Crippen LogP contribution in [0.5, 0.6) is 0 Å². The van der Waals surface area contributed by atoms with Gasteiger partial charge in [0.15, 0.2) is 0 Å². The Hall–Kier alpha value is -0.830. The fraction of sp³-hybridized carbons (Fsp3) is 0.273. The number of alkyl halides is 3. The van der Waals surface area contributed by atoms with Crippen LogP contribution in [0.15, 0.2) is 30.3 Å². The summed E-state index contributed by atoms with van der Waals surface area (Å²) in [7, 11) is -5.68. The average molecular weight is 422 g/mol. The Balaban J connectivity index is 3.06. The monoisotopic (exact) mass is 422 g/mol. The van der Waals surface area contributed by atoms with E-state index in [1.165, 1.54) is 12.1 Å². The number of aliphatic hydroxyl groups excluding tert-OH is 1. The quantitative estimate of drug-likeness (QED) is 0.460. The second kappa shape index (κ2) is 7.26. The molecule has 0 fully saturated rings. The maximum atomic E-state index is 12.3. The zero-order chi connectivity index (χ0) is 15.2. The molecule has 0 unspecified atom stereocenters. The first-order chi connectivity index (χ1) is 9.28. The van der Waals surface area contributed by atoms with Gasteiger partial charge in [-0.3, -0.25) is 0 Å². The summed E-state index contributed by atoms with van der Waals surface area (Å²) < 4.78 is 66.1. The zero-order valence-corrected chi connectivity index (χ0v) is 12.9. The fourth-order valence-corrected chi connectivity index (χ4v) is 6.18. The molecule has 0 heterocycles. The molecular weight excluding hydrogens is 412 g/mol. The number of rotatable bonds is 4. The van der Waals surface area contributed by atoms with Crippen molar-refractivity contribution in [3.63, 3.8) is 0 Å². The van der Waals surface area contributed by atoms with Crippen LogP contribution >= 0.6 is 20.2 Å². The molecule has 4 nitrogen and oxygen atoms in total. The van der Waals surface area contributed by atoms with Crippen LogP contribution in [0, 0.1) is 13.4 Å². The Morgan fingerprint density at radius 1 is 1.25 bits per heavy atom. The molecule has 0 bridgehead atoms. The Morgan fingerprint density at radius 2 is 1.85 bits per heavy atom. The van der Waals surface area contributed by atoms with Crippen molar-refractivity contribution < 1.29 is 29.2 Å². The molecule has 0 amide bonds. The van der Waals surface area contributed by atoms with Gasteiger partial charge in [-0.2, -0.15) is 0 Å². The van der Waals surface area contributed by atoms with E-state index >= 15 is 0 Å². The van der Waals surface area contributed by atoms with E-state index in [0.29, 0.717) is 3.57 Å². The molecule has 112 valence electrons. The summed E-state index contributed by atoms with van der Waals surface area (Å²) >= 11 is -3.33. The number of hydrogen-bond acceptors (Lipinski definition) is 4. The van der Waals surface area contributed by atoms with E-state index in [9.17, 15) is 21.6 Å². The predicted molar refractivity (Wildman–Crippen MR) is 74.7 cm³/mol. The van der Waals surface area contributed by atoms with Crippen LogP contribution in [0.3, 0.4) is 0 Å². The first-order valence-electron chi connectivity index (χ1n) is 5.13. The van der Waals surface area contributed by atoms with Crippen LogP contribution < -0.4 is 0 Å². The van der Waals surface area contributed by atoms with Gasteiger partial charge < -0.3 is 0 Å². The van der Waals surface area contributed by atoms with E-state index in [1.807, 2.05) is 0 Å². The van der Waals surface area contributed by atoms with Gasteiger partial charge in [-0.25, -0.2) is 0 Å². The Bertz CT molecular complexity index is 590. The van der Waals surface area contributed by atoms with Gasteiger partial charge in [0.2, 0.25) is 0 Å². The summed E-state index contributed by atoms with van der Waals surface area (Å²) in [6, 6.07) is 7.67. The molecule has 1 aromatic rings. The molecule has 0 aliphatic rings. The molecule has 1 N–H and O–H groups in total. The van der Waals surface area contributed by atoms with Gasteiger partial charge in [0.1, 0.15) is 0 Å². The molecule has 0 aliphatic heterocycles. The van der Waals surface area contributed by atoms with Crippen molar-refractivity contribution in [3.05, 3.63) is 33.9 Å². The number of aliphatic hydroxyl groups is 1. The standard InChI is InChI=1S/C11H10F3IO4S/c12-11(13,14)20(17,18)19-15(8-4-5-9-16)10-6-2-1-3-7-10/h1-3,6-7,16H,5,9H2. The second-order valence-electron chi connectivity index (χ2n) is 3.25. The van der Waals surface area contributed by atoms with Crippen molar-refractivity contribution >= 4 is 30.4 Å². The molecule has 0 aliphatic carbocycles. The third kappa shape index (κ3) is 4.93. The summed E-state index contributed by atoms with van der Waals surface area (Å²) in [6.07, 6.45) is 0.0379. The summed E-state index contributed by atoms with van der Waals surface area (Å²) in [4.78, 5) is 0. The average Bonchev–Trinajstić information content (AvgIpc) is 2.37. The van der Waals surface area contributed by atoms with Crippen molar-refractivity contribution in [2.75, 3.05) is 6.61 Å². The third-order valence-corrected chi connectivity index (χ3v) is 7.83. The second-order valence-corrected chi connectivity index (χ2v) is 9.03. The maximum absolute atomic E-state index is 12.3. The van der Waals surface area contributed by atoms with E-state index in [2.05, 4.69) is 12.4 Å². The number of benzene rings is 1. The molecule has 0 aromatic heterocycles. The molecule has 0 atom stereocenters. The van der Waals surface area contributed by atoms with Crippen LogP contribution in [-0.2, 0) is 12.6 Å².